The van der Waals surface area contributed by atoms with Gasteiger partial charge in [0.15, 0.2) is 0 Å². The molecule has 2 heteroatoms. The van der Waals surface area contributed by atoms with Crippen molar-refractivity contribution in [2.75, 3.05) is 32.7 Å². The highest BCUT2D eigenvalue weighted by atomic mass is 15.1. The third kappa shape index (κ3) is 5.26. The lowest BCUT2D eigenvalue weighted by molar-refractivity contribution is 0.217. The Labute approximate surface area is 125 Å². The number of nitrogens with zero attached hydrogens (tertiary/aromatic N) is 1. The van der Waals surface area contributed by atoms with E-state index in [1.54, 1.807) is 0 Å². The highest BCUT2D eigenvalue weighted by molar-refractivity contribution is 5.25. The van der Waals surface area contributed by atoms with Gasteiger partial charge in [-0.2, -0.15) is 0 Å². The minimum atomic E-state index is 0.182. The van der Waals surface area contributed by atoms with E-state index in [0.717, 1.165) is 26.2 Å². The molecular formula is C18H32N2. The van der Waals surface area contributed by atoms with Crippen molar-refractivity contribution in [2.45, 2.75) is 46.0 Å². The largest absolute Gasteiger partial charge is 0.316 e. The smallest absolute Gasteiger partial charge is 0.0177 e. The number of benzene rings is 1. The van der Waals surface area contributed by atoms with Crippen molar-refractivity contribution in [3.05, 3.63) is 35.9 Å². The number of hydrogen-bond acceptors (Lipinski definition) is 2. The molecule has 0 aromatic heterocycles. The summed E-state index contributed by atoms with van der Waals surface area (Å²) < 4.78 is 0. The number of rotatable bonds is 10. The molecule has 1 aromatic carbocycles. The van der Waals surface area contributed by atoms with Gasteiger partial charge in [0.25, 0.3) is 0 Å². The molecule has 0 radical (unpaired) electrons. The monoisotopic (exact) mass is 276 g/mol. The summed E-state index contributed by atoms with van der Waals surface area (Å²) >= 11 is 0. The van der Waals surface area contributed by atoms with Gasteiger partial charge in [0.05, 0.1) is 0 Å². The van der Waals surface area contributed by atoms with Crippen LogP contribution in [0.15, 0.2) is 30.3 Å². The molecule has 1 atom stereocenters. The van der Waals surface area contributed by atoms with Gasteiger partial charge in [-0.15, -0.1) is 0 Å². The summed E-state index contributed by atoms with van der Waals surface area (Å²) in [6, 6.07) is 10.9. The summed E-state index contributed by atoms with van der Waals surface area (Å²) in [4.78, 5) is 2.59. The fraction of sp³-hybridized carbons (Fsp3) is 0.667. The van der Waals surface area contributed by atoms with Crippen LogP contribution in [0.3, 0.4) is 0 Å². The minimum Gasteiger partial charge on any atom is -0.316 e. The predicted molar refractivity (Wildman–Crippen MR) is 89.4 cm³/mol. The molecule has 0 bridgehead atoms. The van der Waals surface area contributed by atoms with Crippen LogP contribution in [0.2, 0.25) is 0 Å². The zero-order valence-corrected chi connectivity index (χ0v) is 13.8. The normalized spacial score (nSPS) is 14.4. The molecule has 1 N–H and O–H groups in total. The van der Waals surface area contributed by atoms with E-state index < -0.39 is 0 Å². The van der Waals surface area contributed by atoms with E-state index in [2.05, 4.69) is 68.2 Å². The van der Waals surface area contributed by atoms with E-state index in [-0.39, 0.29) is 5.41 Å². The van der Waals surface area contributed by atoms with Gasteiger partial charge >= 0.3 is 0 Å². The summed E-state index contributed by atoms with van der Waals surface area (Å²) in [5.41, 5.74) is 1.62. The van der Waals surface area contributed by atoms with E-state index in [1.807, 2.05) is 0 Å². The van der Waals surface area contributed by atoms with Gasteiger partial charge in [0.1, 0.15) is 0 Å². The molecule has 0 amide bonds. The Bertz CT molecular complexity index is 350. The van der Waals surface area contributed by atoms with Crippen LogP contribution in [0.25, 0.3) is 0 Å². The molecule has 1 rings (SSSR count). The van der Waals surface area contributed by atoms with E-state index >= 15 is 0 Å². The fourth-order valence-electron chi connectivity index (χ4n) is 2.71. The van der Waals surface area contributed by atoms with Crippen LogP contribution in [0.4, 0.5) is 0 Å². The highest BCUT2D eigenvalue weighted by Gasteiger charge is 2.28. The van der Waals surface area contributed by atoms with Gasteiger partial charge in [-0.25, -0.2) is 0 Å². The molecule has 0 heterocycles. The number of unbranched alkanes of at least 4 members (excludes halogenated alkanes) is 1. The molecule has 114 valence electrons. The average Bonchev–Trinajstić information content (AvgIpc) is 2.50. The topological polar surface area (TPSA) is 15.3 Å². The van der Waals surface area contributed by atoms with Crippen molar-refractivity contribution < 1.29 is 0 Å². The molecular weight excluding hydrogens is 244 g/mol. The van der Waals surface area contributed by atoms with E-state index in [9.17, 15) is 0 Å². The van der Waals surface area contributed by atoms with Gasteiger partial charge in [-0.3, -0.25) is 0 Å². The van der Waals surface area contributed by atoms with Crippen molar-refractivity contribution in [3.8, 4) is 0 Å². The fourth-order valence-corrected chi connectivity index (χ4v) is 2.71. The first-order chi connectivity index (χ1) is 9.66. The Hall–Kier alpha value is -0.860. The second-order valence-corrected chi connectivity index (χ2v) is 5.93. The Morgan fingerprint density at radius 2 is 1.80 bits per heavy atom. The van der Waals surface area contributed by atoms with Crippen LogP contribution in [0.5, 0.6) is 0 Å². The summed E-state index contributed by atoms with van der Waals surface area (Å²) in [6.45, 7) is 14.6. The van der Waals surface area contributed by atoms with Crippen molar-refractivity contribution in [1.82, 2.24) is 10.2 Å². The van der Waals surface area contributed by atoms with Crippen LogP contribution >= 0.6 is 0 Å². The molecule has 0 spiro atoms. The zero-order valence-electron chi connectivity index (χ0n) is 13.8. The molecule has 0 fully saturated rings. The van der Waals surface area contributed by atoms with Crippen LogP contribution in [-0.2, 0) is 5.41 Å². The molecule has 2 nitrogen and oxygen atoms in total. The van der Waals surface area contributed by atoms with Gasteiger partial charge in [0.2, 0.25) is 0 Å². The van der Waals surface area contributed by atoms with Crippen LogP contribution in [0.1, 0.15) is 46.1 Å². The quantitative estimate of drug-likeness (QED) is 0.701. The Kier molecular flexibility index (Phi) is 7.86. The first-order valence-electron chi connectivity index (χ1n) is 8.14. The minimum absolute atomic E-state index is 0.182. The van der Waals surface area contributed by atoms with Crippen molar-refractivity contribution in [1.29, 1.82) is 0 Å². The summed E-state index contributed by atoms with van der Waals surface area (Å²) in [6.07, 6.45) is 2.56. The second-order valence-electron chi connectivity index (χ2n) is 5.93. The number of nitrogens with one attached hydrogen (secondary N) is 1. The lowest BCUT2D eigenvalue weighted by atomic mass is 9.81. The van der Waals surface area contributed by atoms with Crippen molar-refractivity contribution in [2.24, 2.45) is 0 Å². The van der Waals surface area contributed by atoms with Crippen LogP contribution in [0, 0.1) is 0 Å². The van der Waals surface area contributed by atoms with Crippen molar-refractivity contribution in [3.63, 3.8) is 0 Å². The van der Waals surface area contributed by atoms with Gasteiger partial charge < -0.3 is 10.2 Å². The van der Waals surface area contributed by atoms with Crippen LogP contribution < -0.4 is 5.32 Å². The Balaban J connectivity index is 2.82. The maximum atomic E-state index is 3.55. The molecule has 20 heavy (non-hydrogen) atoms. The molecule has 1 aromatic rings. The summed E-state index contributed by atoms with van der Waals surface area (Å²) in [7, 11) is 0. The molecule has 1 unspecified atom stereocenters. The highest BCUT2D eigenvalue weighted by Crippen LogP contribution is 2.24. The lowest BCUT2D eigenvalue weighted by Crippen LogP contribution is -2.45. The molecule has 0 aliphatic carbocycles. The maximum Gasteiger partial charge on any atom is 0.0177 e. The first kappa shape index (κ1) is 17.2. The first-order valence-corrected chi connectivity index (χ1v) is 8.14. The molecule has 0 saturated heterocycles. The van der Waals surface area contributed by atoms with Gasteiger partial charge in [0, 0.05) is 18.5 Å². The van der Waals surface area contributed by atoms with Gasteiger partial charge in [-0.05, 0) is 31.6 Å². The van der Waals surface area contributed by atoms with Gasteiger partial charge in [-0.1, -0.05) is 64.4 Å². The molecule has 0 aliphatic heterocycles. The molecule has 0 aliphatic rings. The third-order valence-corrected chi connectivity index (χ3v) is 4.08. The van der Waals surface area contributed by atoms with Crippen molar-refractivity contribution >= 4 is 0 Å². The van der Waals surface area contributed by atoms with E-state index in [4.69, 9.17) is 0 Å². The summed E-state index contributed by atoms with van der Waals surface area (Å²) in [5, 5.41) is 3.55. The second kappa shape index (κ2) is 9.15. The zero-order chi connectivity index (χ0) is 14.8. The third-order valence-electron chi connectivity index (χ3n) is 4.08. The molecule has 0 saturated carbocycles. The Morgan fingerprint density at radius 3 is 2.35 bits per heavy atom. The van der Waals surface area contributed by atoms with E-state index in [1.165, 1.54) is 24.9 Å². The predicted octanol–water partition coefficient (Wildman–Crippen LogP) is 3.68. The SMILES string of the molecule is CCCCN(CC)CC(C)(CNCC)c1ccccc1. The Morgan fingerprint density at radius 1 is 1.10 bits per heavy atom. The van der Waals surface area contributed by atoms with E-state index in [0.29, 0.717) is 0 Å². The van der Waals surface area contributed by atoms with Crippen LogP contribution in [-0.4, -0.2) is 37.6 Å². The maximum absolute atomic E-state index is 3.55. The number of likely N-dealkylation sites (N-methyl/N-ethyl adjacent to an activating group) is 2. The lowest BCUT2D eigenvalue weighted by Gasteiger charge is -2.36. The number of hydrogen-bond donors (Lipinski definition) is 1. The standard InChI is InChI=1S/C18H32N2/c1-5-8-14-20(7-3)16-18(4,15-19-6-2)17-12-10-9-11-13-17/h9-13,19H,5-8,14-16H2,1-4H3. The average molecular weight is 276 g/mol. The summed E-state index contributed by atoms with van der Waals surface area (Å²) in [5.74, 6) is 0.